The summed E-state index contributed by atoms with van der Waals surface area (Å²) in [6.07, 6.45) is 3.93. The third kappa shape index (κ3) is 6.94. The topological polar surface area (TPSA) is 94.2 Å². The summed E-state index contributed by atoms with van der Waals surface area (Å²) in [5.41, 5.74) is 4.96. The highest BCUT2D eigenvalue weighted by atomic mass is 16.6. The van der Waals surface area contributed by atoms with Crippen LogP contribution in [0.15, 0.2) is 52.0 Å². The standard InChI is InChI=1S/C27H32N2O5/c1-5-24(27(30)31)34-25-14-11-21(16-19(25)3)8-6-7-15-28-32-17-23-20(4)33-26(29-23)22-12-9-18(2)10-13-22/h9-16,24H,5-8,17H2,1-4H3,(H,30,31). The normalized spacial score (nSPS) is 12.1. The summed E-state index contributed by atoms with van der Waals surface area (Å²) in [7, 11) is 0. The third-order valence-electron chi connectivity index (χ3n) is 5.49. The van der Waals surface area contributed by atoms with Crippen molar-refractivity contribution in [3.05, 3.63) is 70.6 Å². The van der Waals surface area contributed by atoms with Crippen LogP contribution in [0.3, 0.4) is 0 Å². The smallest absolute Gasteiger partial charge is 0.344 e. The van der Waals surface area contributed by atoms with Gasteiger partial charge in [0, 0.05) is 11.8 Å². The van der Waals surface area contributed by atoms with Crippen molar-refractivity contribution in [2.24, 2.45) is 5.16 Å². The van der Waals surface area contributed by atoms with Gasteiger partial charge in [0.1, 0.15) is 17.2 Å². The molecule has 0 fully saturated rings. The number of hydrogen-bond donors (Lipinski definition) is 1. The maximum Gasteiger partial charge on any atom is 0.344 e. The highest BCUT2D eigenvalue weighted by Gasteiger charge is 2.17. The number of oxime groups is 1. The lowest BCUT2D eigenvalue weighted by Crippen LogP contribution is -2.26. The Bertz CT molecular complexity index is 1120. The first kappa shape index (κ1) is 25.0. The van der Waals surface area contributed by atoms with Crippen molar-refractivity contribution in [3.8, 4) is 17.2 Å². The number of aliphatic carboxylic acids is 1. The molecule has 1 N–H and O–H groups in total. The second-order valence-corrected chi connectivity index (χ2v) is 8.29. The number of oxazole rings is 1. The highest BCUT2D eigenvalue weighted by Crippen LogP contribution is 2.23. The van der Waals surface area contributed by atoms with Gasteiger partial charge in [-0.1, -0.05) is 41.9 Å². The molecule has 1 aromatic heterocycles. The van der Waals surface area contributed by atoms with Crippen molar-refractivity contribution in [1.29, 1.82) is 0 Å². The molecule has 180 valence electrons. The fourth-order valence-electron chi connectivity index (χ4n) is 3.44. The molecule has 7 heteroatoms. The Morgan fingerprint density at radius 1 is 1.18 bits per heavy atom. The average molecular weight is 465 g/mol. The van der Waals surface area contributed by atoms with E-state index in [-0.39, 0.29) is 6.61 Å². The monoisotopic (exact) mass is 464 g/mol. The number of nitrogens with zero attached hydrogens (tertiary/aromatic N) is 2. The van der Waals surface area contributed by atoms with Gasteiger partial charge in [-0.15, -0.1) is 0 Å². The van der Waals surface area contributed by atoms with Gasteiger partial charge in [0.15, 0.2) is 12.7 Å². The number of carboxylic acids is 1. The Kier molecular flexibility index (Phi) is 8.85. The lowest BCUT2D eigenvalue weighted by molar-refractivity contribution is -0.145. The molecule has 0 amide bonds. The Hall–Kier alpha value is -3.61. The molecular weight excluding hydrogens is 432 g/mol. The van der Waals surface area contributed by atoms with Crippen LogP contribution in [-0.2, 0) is 22.7 Å². The van der Waals surface area contributed by atoms with E-state index >= 15 is 0 Å². The quantitative estimate of drug-likeness (QED) is 0.200. The second-order valence-electron chi connectivity index (χ2n) is 8.29. The first-order valence-electron chi connectivity index (χ1n) is 11.5. The van der Waals surface area contributed by atoms with Gasteiger partial charge in [-0.3, -0.25) is 0 Å². The molecule has 1 heterocycles. The zero-order valence-corrected chi connectivity index (χ0v) is 20.2. The number of unbranched alkanes of at least 4 members (excludes halogenated alkanes) is 1. The van der Waals surface area contributed by atoms with Crippen molar-refractivity contribution >= 4 is 12.2 Å². The lowest BCUT2D eigenvalue weighted by atomic mass is 10.1. The average Bonchev–Trinajstić information content (AvgIpc) is 3.18. The lowest BCUT2D eigenvalue weighted by Gasteiger charge is -2.15. The van der Waals surface area contributed by atoms with E-state index in [1.54, 1.807) is 13.1 Å². The molecule has 1 atom stereocenters. The van der Waals surface area contributed by atoms with Gasteiger partial charge in [-0.05, 0) is 75.8 Å². The summed E-state index contributed by atoms with van der Waals surface area (Å²) in [6, 6.07) is 13.9. The van der Waals surface area contributed by atoms with Crippen LogP contribution in [0.2, 0.25) is 0 Å². The van der Waals surface area contributed by atoms with E-state index < -0.39 is 12.1 Å². The van der Waals surface area contributed by atoms with E-state index in [1.807, 2.05) is 63.2 Å². The second kappa shape index (κ2) is 12.0. The Balaban J connectivity index is 1.41. The van der Waals surface area contributed by atoms with Gasteiger partial charge in [0.25, 0.3) is 0 Å². The summed E-state index contributed by atoms with van der Waals surface area (Å²) < 4.78 is 11.4. The van der Waals surface area contributed by atoms with Gasteiger partial charge in [0.2, 0.25) is 5.89 Å². The Labute approximate surface area is 200 Å². The van der Waals surface area contributed by atoms with E-state index in [4.69, 9.17) is 19.1 Å². The number of rotatable bonds is 12. The van der Waals surface area contributed by atoms with Crippen LogP contribution < -0.4 is 4.74 Å². The number of aryl methyl sites for hydroxylation is 4. The third-order valence-corrected chi connectivity index (χ3v) is 5.49. The van der Waals surface area contributed by atoms with Crippen molar-refractivity contribution < 1.29 is 23.9 Å². The van der Waals surface area contributed by atoms with Crippen molar-refractivity contribution in [3.63, 3.8) is 0 Å². The molecule has 2 aromatic carbocycles. The van der Waals surface area contributed by atoms with Crippen molar-refractivity contribution in [2.45, 2.75) is 66.1 Å². The minimum atomic E-state index is -0.946. The molecular formula is C27H32N2O5. The van der Waals surface area contributed by atoms with Gasteiger partial charge >= 0.3 is 5.97 Å². The van der Waals surface area contributed by atoms with Crippen LogP contribution in [0, 0.1) is 20.8 Å². The molecule has 0 spiro atoms. The van der Waals surface area contributed by atoms with Crippen molar-refractivity contribution in [1.82, 2.24) is 4.98 Å². The van der Waals surface area contributed by atoms with E-state index in [0.717, 1.165) is 41.8 Å². The molecule has 0 saturated heterocycles. The molecule has 0 aliphatic carbocycles. The number of carboxylic acid groups (broad SMARTS) is 1. The van der Waals surface area contributed by atoms with Crippen LogP contribution in [0.4, 0.5) is 0 Å². The van der Waals surface area contributed by atoms with Crippen LogP contribution in [0.5, 0.6) is 5.75 Å². The molecule has 3 rings (SSSR count). The van der Waals surface area contributed by atoms with Crippen molar-refractivity contribution in [2.75, 3.05) is 0 Å². The highest BCUT2D eigenvalue weighted by molar-refractivity contribution is 5.72. The number of benzene rings is 2. The zero-order valence-electron chi connectivity index (χ0n) is 20.2. The SMILES string of the molecule is CCC(Oc1ccc(CCCC=NOCc2nc(-c3ccc(C)cc3)oc2C)cc1C)C(=O)O. The predicted molar refractivity (Wildman–Crippen MR) is 131 cm³/mol. The van der Waals surface area contributed by atoms with Crippen LogP contribution in [0.25, 0.3) is 11.5 Å². The number of hydrogen-bond acceptors (Lipinski definition) is 6. The first-order chi connectivity index (χ1) is 16.4. The Morgan fingerprint density at radius 2 is 1.94 bits per heavy atom. The van der Waals surface area contributed by atoms with Gasteiger partial charge in [0.05, 0.1) is 0 Å². The summed E-state index contributed by atoms with van der Waals surface area (Å²) in [5, 5.41) is 13.2. The summed E-state index contributed by atoms with van der Waals surface area (Å²) in [6.45, 7) is 7.89. The molecule has 34 heavy (non-hydrogen) atoms. The van der Waals surface area contributed by atoms with E-state index in [0.29, 0.717) is 18.1 Å². The molecule has 0 radical (unpaired) electrons. The first-order valence-corrected chi connectivity index (χ1v) is 11.5. The van der Waals surface area contributed by atoms with E-state index in [9.17, 15) is 4.79 Å². The molecule has 1 unspecified atom stereocenters. The van der Waals surface area contributed by atoms with E-state index in [2.05, 4.69) is 10.1 Å². The number of carbonyl (C=O) groups is 1. The van der Waals surface area contributed by atoms with E-state index in [1.165, 1.54) is 11.1 Å². The molecule has 7 nitrogen and oxygen atoms in total. The Morgan fingerprint density at radius 3 is 2.62 bits per heavy atom. The largest absolute Gasteiger partial charge is 0.479 e. The number of aromatic nitrogens is 1. The minimum Gasteiger partial charge on any atom is -0.479 e. The van der Waals surface area contributed by atoms with Gasteiger partial charge < -0.3 is 19.1 Å². The minimum absolute atomic E-state index is 0.257. The van der Waals surface area contributed by atoms with Gasteiger partial charge in [-0.2, -0.15) is 0 Å². The van der Waals surface area contributed by atoms with Gasteiger partial charge in [-0.25, -0.2) is 9.78 Å². The zero-order chi connectivity index (χ0) is 24.5. The maximum atomic E-state index is 11.2. The number of ether oxygens (including phenoxy) is 1. The summed E-state index contributed by atoms with van der Waals surface area (Å²) in [5.74, 6) is 0.974. The molecule has 0 bridgehead atoms. The molecule has 0 aliphatic heterocycles. The molecule has 0 saturated carbocycles. The maximum absolute atomic E-state index is 11.2. The van der Waals surface area contributed by atoms with Crippen LogP contribution in [-0.4, -0.2) is 28.4 Å². The predicted octanol–water partition coefficient (Wildman–Crippen LogP) is 6.03. The summed E-state index contributed by atoms with van der Waals surface area (Å²) in [4.78, 5) is 21.1. The molecule has 3 aromatic rings. The fraction of sp³-hybridized carbons (Fsp3) is 0.370. The van der Waals surface area contributed by atoms with Crippen LogP contribution >= 0.6 is 0 Å². The fourth-order valence-corrected chi connectivity index (χ4v) is 3.44. The summed E-state index contributed by atoms with van der Waals surface area (Å²) >= 11 is 0. The van der Waals surface area contributed by atoms with Crippen LogP contribution in [0.1, 0.15) is 54.3 Å². The molecule has 0 aliphatic rings.